The van der Waals surface area contributed by atoms with Crippen LogP contribution in [-0.4, -0.2) is 31.1 Å². The van der Waals surface area contributed by atoms with Gasteiger partial charge in [-0.2, -0.15) is 0 Å². The van der Waals surface area contributed by atoms with E-state index in [1.54, 1.807) is 12.1 Å². The predicted octanol–water partition coefficient (Wildman–Crippen LogP) is 3.33. The van der Waals surface area contributed by atoms with Gasteiger partial charge in [0.15, 0.2) is 0 Å². The molecule has 3 aromatic rings. The maximum atomic E-state index is 12.3. The largest absolute Gasteiger partial charge is 0.456 e. The number of hydrogen-bond donors (Lipinski definition) is 2. The van der Waals surface area contributed by atoms with Crippen LogP contribution in [0.5, 0.6) is 0 Å². The second kappa shape index (κ2) is 8.34. The molecular weight excluding hydrogens is 392 g/mol. The van der Waals surface area contributed by atoms with Crippen LogP contribution >= 0.6 is 11.6 Å². The summed E-state index contributed by atoms with van der Waals surface area (Å²) in [5.74, 6) is 0.824. The molecule has 0 atom stereocenters. The quantitative estimate of drug-likeness (QED) is 0.593. The van der Waals surface area contributed by atoms with Gasteiger partial charge in [-0.05, 0) is 45.9 Å². The fourth-order valence-electron chi connectivity index (χ4n) is 2.97. The third-order valence-corrected chi connectivity index (χ3v) is 4.38. The predicted molar refractivity (Wildman–Crippen MR) is 113 cm³/mol. The Morgan fingerprint density at radius 2 is 2.03 bits per heavy atom. The van der Waals surface area contributed by atoms with Gasteiger partial charge in [0.2, 0.25) is 0 Å². The van der Waals surface area contributed by atoms with Crippen LogP contribution in [0.25, 0.3) is 11.0 Å². The minimum Gasteiger partial charge on any atom is -0.456 e. The summed E-state index contributed by atoms with van der Waals surface area (Å²) in [4.78, 5) is 25.2. The maximum Gasteiger partial charge on any atom is 0.338 e. The number of nitrogens with one attached hydrogen (secondary N) is 1. The third-order valence-electron chi connectivity index (χ3n) is 4.20. The van der Waals surface area contributed by atoms with E-state index < -0.39 is 5.60 Å². The van der Waals surface area contributed by atoms with Crippen LogP contribution in [0, 0.1) is 0 Å². The number of carbonyl (C=O) groups is 1. The first kappa shape index (κ1) is 21.0. The molecule has 2 heterocycles. The summed E-state index contributed by atoms with van der Waals surface area (Å²) in [6.45, 7) is 9.24. The highest BCUT2D eigenvalue weighted by Gasteiger charge is 2.19. The first-order valence-electron chi connectivity index (χ1n) is 9.38. The van der Waals surface area contributed by atoms with E-state index in [0.29, 0.717) is 35.3 Å². The highest BCUT2D eigenvalue weighted by atomic mass is 35.5. The number of hydrogen-bond acceptors (Lipinski definition) is 7. The van der Waals surface area contributed by atoms with Crippen molar-refractivity contribution in [2.75, 3.05) is 5.73 Å². The summed E-state index contributed by atoms with van der Waals surface area (Å²) < 4.78 is 7.54. The minimum atomic E-state index is -0.547. The van der Waals surface area contributed by atoms with Crippen LogP contribution in [0.15, 0.2) is 24.4 Å². The number of carbonyl (C=O) groups excluding carboxylic acids is 1. The lowest BCUT2D eigenvalue weighted by molar-refractivity contribution is 0.00697. The second-order valence-electron chi connectivity index (χ2n) is 7.61. The summed E-state index contributed by atoms with van der Waals surface area (Å²) in [5, 5.41) is 3.57. The number of anilines is 1. The molecule has 0 radical (unpaired) electrons. The van der Waals surface area contributed by atoms with E-state index in [1.807, 2.05) is 33.8 Å². The van der Waals surface area contributed by atoms with Gasteiger partial charge in [-0.3, -0.25) is 0 Å². The van der Waals surface area contributed by atoms with E-state index >= 15 is 0 Å². The minimum absolute atomic E-state index is 0.298. The standard InChI is InChI=1S/C20H25ClN6O2/c1-5-27-15-7-6-12(19(28)29-20(2,3)4)8-13(15)26-17(27)11-23-9-14-18(22)24-10-16(21)25-14/h6-8,10,23H,5,9,11H2,1-4H3,(H2,22,24). The van der Waals surface area contributed by atoms with Crippen molar-refractivity contribution in [3.05, 3.63) is 46.6 Å². The molecule has 0 amide bonds. The van der Waals surface area contributed by atoms with Gasteiger partial charge in [-0.1, -0.05) is 11.6 Å². The SMILES string of the molecule is CCn1c(CNCc2nc(Cl)cnc2N)nc2cc(C(=O)OC(C)(C)C)ccc21. The number of nitrogen functional groups attached to an aromatic ring is 1. The van der Waals surface area contributed by atoms with Crippen molar-refractivity contribution in [3.8, 4) is 0 Å². The van der Waals surface area contributed by atoms with E-state index in [0.717, 1.165) is 23.4 Å². The molecule has 0 unspecified atom stereocenters. The number of fused-ring (bicyclic) bond motifs is 1. The summed E-state index contributed by atoms with van der Waals surface area (Å²) >= 11 is 5.88. The highest BCUT2D eigenvalue weighted by Crippen LogP contribution is 2.20. The van der Waals surface area contributed by atoms with Crippen molar-refractivity contribution in [1.29, 1.82) is 0 Å². The molecule has 8 nitrogen and oxygen atoms in total. The number of esters is 1. The smallest absolute Gasteiger partial charge is 0.338 e. The fourth-order valence-corrected chi connectivity index (χ4v) is 3.12. The first-order valence-corrected chi connectivity index (χ1v) is 9.76. The van der Waals surface area contributed by atoms with Gasteiger partial charge in [-0.15, -0.1) is 0 Å². The van der Waals surface area contributed by atoms with E-state index in [2.05, 4.69) is 19.9 Å². The number of ether oxygens (including phenoxy) is 1. The Morgan fingerprint density at radius 1 is 1.28 bits per heavy atom. The lowest BCUT2D eigenvalue weighted by atomic mass is 10.1. The summed E-state index contributed by atoms with van der Waals surface area (Å²) in [6, 6.07) is 5.43. The average Bonchev–Trinajstić information content (AvgIpc) is 2.99. The normalized spacial score (nSPS) is 11.8. The Labute approximate surface area is 174 Å². The number of aryl methyl sites for hydroxylation is 1. The molecule has 29 heavy (non-hydrogen) atoms. The Kier molecular flexibility index (Phi) is 6.04. The Balaban J connectivity index is 1.79. The van der Waals surface area contributed by atoms with Gasteiger partial charge in [0.1, 0.15) is 22.4 Å². The van der Waals surface area contributed by atoms with Gasteiger partial charge in [0, 0.05) is 13.1 Å². The fraction of sp³-hybridized carbons (Fsp3) is 0.400. The molecule has 0 spiro atoms. The molecule has 0 bridgehead atoms. The van der Waals surface area contributed by atoms with Crippen molar-refractivity contribution in [3.63, 3.8) is 0 Å². The van der Waals surface area contributed by atoms with Crippen LogP contribution in [0.1, 0.15) is 49.6 Å². The number of benzene rings is 1. The summed E-state index contributed by atoms with van der Waals surface area (Å²) in [5.41, 5.74) is 8.06. The van der Waals surface area contributed by atoms with Gasteiger partial charge >= 0.3 is 5.97 Å². The van der Waals surface area contributed by atoms with E-state index in [4.69, 9.17) is 27.1 Å². The van der Waals surface area contributed by atoms with Gasteiger partial charge in [0.25, 0.3) is 0 Å². The molecule has 3 rings (SSSR count). The van der Waals surface area contributed by atoms with Crippen LogP contribution in [0.2, 0.25) is 5.15 Å². The molecule has 0 saturated heterocycles. The number of nitrogens with zero attached hydrogens (tertiary/aromatic N) is 4. The van der Waals surface area contributed by atoms with E-state index in [9.17, 15) is 4.79 Å². The second-order valence-corrected chi connectivity index (χ2v) is 7.99. The topological polar surface area (TPSA) is 108 Å². The zero-order valence-electron chi connectivity index (χ0n) is 17.0. The maximum absolute atomic E-state index is 12.3. The van der Waals surface area contributed by atoms with Crippen LogP contribution in [-0.2, 0) is 24.4 Å². The monoisotopic (exact) mass is 416 g/mol. The van der Waals surface area contributed by atoms with Crippen LogP contribution in [0.3, 0.4) is 0 Å². The number of imidazole rings is 1. The van der Waals surface area contributed by atoms with Crippen LogP contribution in [0.4, 0.5) is 5.82 Å². The van der Waals surface area contributed by atoms with Crippen LogP contribution < -0.4 is 11.1 Å². The Hall–Kier alpha value is -2.71. The van der Waals surface area contributed by atoms with E-state index in [-0.39, 0.29) is 5.97 Å². The first-order chi connectivity index (χ1) is 13.7. The average molecular weight is 417 g/mol. The van der Waals surface area contributed by atoms with Crippen molar-refractivity contribution in [1.82, 2.24) is 24.8 Å². The van der Waals surface area contributed by atoms with Crippen molar-refractivity contribution < 1.29 is 9.53 Å². The molecule has 0 aliphatic carbocycles. The molecule has 0 fully saturated rings. The Morgan fingerprint density at radius 3 is 2.72 bits per heavy atom. The zero-order valence-corrected chi connectivity index (χ0v) is 17.7. The summed E-state index contributed by atoms with van der Waals surface area (Å²) in [6.07, 6.45) is 1.42. The summed E-state index contributed by atoms with van der Waals surface area (Å²) in [7, 11) is 0. The zero-order chi connectivity index (χ0) is 21.2. The molecule has 154 valence electrons. The molecule has 2 aromatic heterocycles. The van der Waals surface area contributed by atoms with Gasteiger partial charge in [-0.25, -0.2) is 19.7 Å². The highest BCUT2D eigenvalue weighted by molar-refractivity contribution is 6.29. The van der Waals surface area contributed by atoms with Gasteiger partial charge in [0.05, 0.1) is 35.0 Å². The van der Waals surface area contributed by atoms with Gasteiger partial charge < -0.3 is 20.4 Å². The molecule has 0 aliphatic rings. The third kappa shape index (κ3) is 5.02. The van der Waals surface area contributed by atoms with Crippen molar-refractivity contribution >= 4 is 34.4 Å². The van der Waals surface area contributed by atoms with Crippen molar-refractivity contribution in [2.45, 2.75) is 52.9 Å². The Bertz CT molecular complexity index is 1040. The lowest BCUT2D eigenvalue weighted by Gasteiger charge is -2.19. The molecular formula is C20H25ClN6O2. The molecule has 1 aromatic carbocycles. The number of aromatic nitrogens is 4. The molecule has 0 aliphatic heterocycles. The van der Waals surface area contributed by atoms with Crippen molar-refractivity contribution in [2.24, 2.45) is 0 Å². The number of rotatable bonds is 6. The van der Waals surface area contributed by atoms with E-state index in [1.165, 1.54) is 6.20 Å². The molecule has 3 N–H and O–H groups in total. The molecule has 9 heteroatoms. The number of nitrogens with two attached hydrogens (primary N) is 1. The lowest BCUT2D eigenvalue weighted by Crippen LogP contribution is -2.23. The number of halogens is 1. The molecule has 0 saturated carbocycles.